The molecule has 0 unspecified atom stereocenters. The molecule has 0 aromatic heterocycles. The van der Waals surface area contributed by atoms with E-state index in [0.29, 0.717) is 11.3 Å². The van der Waals surface area contributed by atoms with Crippen molar-refractivity contribution in [3.63, 3.8) is 0 Å². The lowest BCUT2D eigenvalue weighted by Crippen LogP contribution is -2.35. The van der Waals surface area contributed by atoms with Gasteiger partial charge in [0, 0.05) is 41.6 Å². The number of hydrogen-bond acceptors (Lipinski definition) is 4. The maximum Gasteiger partial charge on any atom is 0.253 e. The largest absolute Gasteiger partial charge is 0.376 e. The van der Waals surface area contributed by atoms with E-state index in [1.165, 1.54) is 6.42 Å². The summed E-state index contributed by atoms with van der Waals surface area (Å²) in [4.78, 5) is 39.2. The van der Waals surface area contributed by atoms with Gasteiger partial charge >= 0.3 is 0 Å². The number of likely N-dealkylation sites (tertiary alicyclic amines) is 1. The molecule has 2 fully saturated rings. The fourth-order valence-electron chi connectivity index (χ4n) is 3.93. The summed E-state index contributed by atoms with van der Waals surface area (Å²) in [6, 6.07) is 12.7. The molecule has 1 heterocycles. The van der Waals surface area contributed by atoms with Crippen LogP contribution in [0.4, 0.5) is 17.1 Å². The second kappa shape index (κ2) is 9.85. The highest BCUT2D eigenvalue weighted by Crippen LogP contribution is 2.31. The van der Waals surface area contributed by atoms with Gasteiger partial charge in [-0.2, -0.15) is 0 Å². The van der Waals surface area contributed by atoms with E-state index >= 15 is 0 Å². The minimum atomic E-state index is -0.209. The first-order valence-corrected chi connectivity index (χ1v) is 11.3. The molecule has 3 amide bonds. The molecule has 3 N–H and O–H groups in total. The fraction of sp³-hybridized carbons (Fsp3) is 0.400. The molecule has 0 radical (unpaired) electrons. The van der Waals surface area contributed by atoms with E-state index < -0.39 is 0 Å². The second-order valence-corrected chi connectivity index (χ2v) is 8.58. The lowest BCUT2D eigenvalue weighted by Gasteiger charge is -2.26. The third-order valence-electron chi connectivity index (χ3n) is 6.02. The maximum atomic E-state index is 12.7. The van der Waals surface area contributed by atoms with Crippen LogP contribution in [-0.4, -0.2) is 42.3 Å². The first-order valence-electron chi connectivity index (χ1n) is 11.3. The zero-order valence-electron chi connectivity index (χ0n) is 18.4. The van der Waals surface area contributed by atoms with Crippen molar-refractivity contribution < 1.29 is 14.4 Å². The molecule has 0 atom stereocenters. The minimum Gasteiger partial charge on any atom is -0.376 e. The molecule has 0 bridgehead atoms. The summed E-state index contributed by atoms with van der Waals surface area (Å²) in [5, 5.41) is 8.97. The molecule has 4 rings (SSSR count). The van der Waals surface area contributed by atoms with Gasteiger partial charge in [-0.25, -0.2) is 0 Å². The monoisotopic (exact) mass is 434 g/mol. The zero-order valence-corrected chi connectivity index (χ0v) is 18.4. The standard InChI is InChI=1S/C25H30N4O3/c1-17-21(9-6-10-22(17)28-24(31)18-11-12-18)26-16-23(30)27-20-8-5-7-19(15-20)25(32)29-13-3-2-4-14-29/h5-10,15,18,26H,2-4,11-14,16H2,1H3,(H,27,30)(H,28,31). The van der Waals surface area contributed by atoms with Crippen LogP contribution in [0.3, 0.4) is 0 Å². The van der Waals surface area contributed by atoms with Crippen LogP contribution in [0.2, 0.25) is 0 Å². The van der Waals surface area contributed by atoms with E-state index in [1.807, 2.05) is 30.0 Å². The van der Waals surface area contributed by atoms with E-state index in [0.717, 1.165) is 55.7 Å². The Bertz CT molecular complexity index is 1010. The number of nitrogens with zero attached hydrogens (tertiary/aromatic N) is 1. The van der Waals surface area contributed by atoms with Crippen LogP contribution in [0, 0.1) is 12.8 Å². The van der Waals surface area contributed by atoms with E-state index in [9.17, 15) is 14.4 Å². The van der Waals surface area contributed by atoms with Crippen LogP contribution < -0.4 is 16.0 Å². The molecular formula is C25H30N4O3. The Kier molecular flexibility index (Phi) is 6.73. The number of anilines is 3. The summed E-state index contributed by atoms with van der Waals surface area (Å²) in [5.41, 5.74) is 3.64. The number of rotatable bonds is 7. The molecule has 32 heavy (non-hydrogen) atoms. The quantitative estimate of drug-likeness (QED) is 0.614. The topological polar surface area (TPSA) is 90.5 Å². The highest BCUT2D eigenvalue weighted by Gasteiger charge is 2.29. The average molecular weight is 435 g/mol. The lowest BCUT2D eigenvalue weighted by molar-refractivity contribution is -0.117. The highest BCUT2D eigenvalue weighted by molar-refractivity contribution is 5.98. The third-order valence-corrected chi connectivity index (χ3v) is 6.02. The number of nitrogens with one attached hydrogen (secondary N) is 3. The normalized spacial score (nSPS) is 15.7. The molecule has 2 aromatic rings. The van der Waals surface area contributed by atoms with Gasteiger partial charge in [0.25, 0.3) is 5.91 Å². The van der Waals surface area contributed by atoms with Gasteiger partial charge in [0.05, 0.1) is 6.54 Å². The number of benzene rings is 2. The van der Waals surface area contributed by atoms with Crippen molar-refractivity contribution in [2.75, 3.05) is 35.6 Å². The van der Waals surface area contributed by atoms with Gasteiger partial charge in [-0.15, -0.1) is 0 Å². The Morgan fingerprint density at radius 2 is 1.66 bits per heavy atom. The van der Waals surface area contributed by atoms with E-state index in [4.69, 9.17) is 0 Å². The number of carbonyl (C=O) groups excluding carboxylic acids is 3. The van der Waals surface area contributed by atoms with Crippen molar-refractivity contribution in [3.8, 4) is 0 Å². The molecular weight excluding hydrogens is 404 g/mol. The van der Waals surface area contributed by atoms with Crippen molar-refractivity contribution in [3.05, 3.63) is 53.6 Å². The number of piperidine rings is 1. The summed E-state index contributed by atoms with van der Waals surface area (Å²) < 4.78 is 0. The van der Waals surface area contributed by atoms with Crippen molar-refractivity contribution in [1.29, 1.82) is 0 Å². The summed E-state index contributed by atoms with van der Waals surface area (Å²) >= 11 is 0. The summed E-state index contributed by atoms with van der Waals surface area (Å²) in [6.45, 7) is 3.57. The van der Waals surface area contributed by atoms with Gasteiger partial charge in [0.2, 0.25) is 11.8 Å². The Morgan fingerprint density at radius 1 is 0.938 bits per heavy atom. The van der Waals surface area contributed by atoms with Crippen molar-refractivity contribution >= 4 is 34.8 Å². The molecule has 1 aliphatic carbocycles. The number of carbonyl (C=O) groups is 3. The third kappa shape index (κ3) is 5.46. The summed E-state index contributed by atoms with van der Waals surface area (Å²) in [6.07, 6.45) is 5.15. The first kappa shape index (κ1) is 21.9. The smallest absolute Gasteiger partial charge is 0.253 e. The van der Waals surface area contributed by atoms with Gasteiger partial charge in [0.15, 0.2) is 0 Å². The van der Waals surface area contributed by atoms with Gasteiger partial charge in [-0.1, -0.05) is 12.1 Å². The van der Waals surface area contributed by atoms with E-state index in [2.05, 4.69) is 16.0 Å². The van der Waals surface area contributed by atoms with Crippen LogP contribution in [0.1, 0.15) is 48.0 Å². The molecule has 7 nitrogen and oxygen atoms in total. The Hall–Kier alpha value is -3.35. The fourth-order valence-corrected chi connectivity index (χ4v) is 3.93. The molecule has 1 saturated carbocycles. The Balaban J connectivity index is 1.33. The molecule has 2 aliphatic rings. The van der Waals surface area contributed by atoms with Gasteiger partial charge in [-0.3, -0.25) is 14.4 Å². The molecule has 168 valence electrons. The molecule has 7 heteroatoms. The SMILES string of the molecule is Cc1c(NCC(=O)Nc2cccc(C(=O)N3CCCCC3)c2)cccc1NC(=O)C1CC1. The number of amides is 3. The second-order valence-electron chi connectivity index (χ2n) is 8.58. The Labute approximate surface area is 188 Å². The number of hydrogen-bond donors (Lipinski definition) is 3. The van der Waals surface area contributed by atoms with Crippen LogP contribution >= 0.6 is 0 Å². The van der Waals surface area contributed by atoms with E-state index in [-0.39, 0.29) is 30.2 Å². The van der Waals surface area contributed by atoms with Crippen LogP contribution in [0.15, 0.2) is 42.5 Å². The maximum absolute atomic E-state index is 12.7. The predicted octanol–water partition coefficient (Wildman–Crippen LogP) is 4.02. The Morgan fingerprint density at radius 3 is 2.41 bits per heavy atom. The van der Waals surface area contributed by atoms with Gasteiger partial charge in [0.1, 0.15) is 0 Å². The highest BCUT2D eigenvalue weighted by atomic mass is 16.2. The van der Waals surface area contributed by atoms with Crippen LogP contribution in [-0.2, 0) is 9.59 Å². The summed E-state index contributed by atoms with van der Waals surface area (Å²) in [5.74, 6) is -0.00433. The van der Waals surface area contributed by atoms with Crippen LogP contribution in [0.5, 0.6) is 0 Å². The van der Waals surface area contributed by atoms with Crippen LogP contribution in [0.25, 0.3) is 0 Å². The molecule has 2 aromatic carbocycles. The summed E-state index contributed by atoms with van der Waals surface area (Å²) in [7, 11) is 0. The van der Waals surface area contributed by atoms with E-state index in [1.54, 1.807) is 24.3 Å². The zero-order chi connectivity index (χ0) is 22.5. The van der Waals surface area contributed by atoms with Crippen molar-refractivity contribution in [1.82, 2.24) is 4.90 Å². The first-order chi connectivity index (χ1) is 15.5. The predicted molar refractivity (Wildman–Crippen MR) is 126 cm³/mol. The van der Waals surface area contributed by atoms with Crippen molar-refractivity contribution in [2.45, 2.75) is 39.0 Å². The lowest BCUT2D eigenvalue weighted by atomic mass is 10.1. The molecule has 0 spiro atoms. The minimum absolute atomic E-state index is 0.0135. The average Bonchev–Trinajstić information content (AvgIpc) is 3.65. The molecule has 1 saturated heterocycles. The van der Waals surface area contributed by atoms with Gasteiger partial charge < -0.3 is 20.9 Å². The van der Waals surface area contributed by atoms with Crippen molar-refractivity contribution in [2.24, 2.45) is 5.92 Å². The van der Waals surface area contributed by atoms with Gasteiger partial charge in [-0.05, 0) is 74.9 Å². The molecule has 1 aliphatic heterocycles.